The van der Waals surface area contributed by atoms with Crippen LogP contribution < -0.4 is 10.6 Å². The van der Waals surface area contributed by atoms with E-state index in [4.69, 9.17) is 5.11 Å². The Labute approximate surface area is 95.3 Å². The highest BCUT2D eigenvalue weighted by molar-refractivity contribution is 5.82. The number of aliphatic carboxylic acids is 1. The van der Waals surface area contributed by atoms with Gasteiger partial charge in [-0.25, -0.2) is 9.59 Å². The highest BCUT2D eigenvalue weighted by Gasteiger charge is 2.17. The Balaban J connectivity index is 3.91. The molecule has 0 rings (SSSR count). The molecule has 6 nitrogen and oxygen atoms in total. The first-order valence-corrected chi connectivity index (χ1v) is 5.00. The molecule has 1 unspecified atom stereocenters. The molecule has 0 aromatic heterocycles. The third kappa shape index (κ3) is 6.83. The number of carboxylic acid groups (broad SMARTS) is 1. The van der Waals surface area contributed by atoms with Crippen molar-refractivity contribution in [1.82, 2.24) is 15.5 Å². The van der Waals surface area contributed by atoms with E-state index in [0.717, 1.165) is 0 Å². The minimum atomic E-state index is -1.07. The van der Waals surface area contributed by atoms with Gasteiger partial charge >= 0.3 is 12.0 Å². The zero-order valence-corrected chi connectivity index (χ0v) is 9.69. The number of carbonyl (C=O) groups excluding carboxylic acids is 1. The molecule has 3 N–H and O–H groups in total. The summed E-state index contributed by atoms with van der Waals surface area (Å²) in [5, 5.41) is 13.7. The highest BCUT2D eigenvalue weighted by atomic mass is 16.4. The van der Waals surface area contributed by atoms with Gasteiger partial charge in [0.25, 0.3) is 0 Å². The second-order valence-corrected chi connectivity index (χ2v) is 3.62. The first-order chi connectivity index (χ1) is 7.47. The molecule has 1 atom stereocenters. The molecule has 16 heavy (non-hydrogen) atoms. The number of likely N-dealkylation sites (N-methyl/N-ethyl adjacent to an activating group) is 1. The van der Waals surface area contributed by atoms with Crippen LogP contribution in [0.2, 0.25) is 0 Å². The lowest BCUT2D eigenvalue weighted by molar-refractivity contribution is -0.139. The Morgan fingerprint density at radius 2 is 2.12 bits per heavy atom. The van der Waals surface area contributed by atoms with Crippen molar-refractivity contribution in [2.75, 3.05) is 27.2 Å². The second kappa shape index (κ2) is 7.70. The standard InChI is InChI=1S/C10H19N3O3/c1-4-5-8(9(14)15)12-10(16)11-6-7-13(2)3/h4,8H,1,5-7H2,2-3H3,(H,14,15)(H2,11,12,16). The molecule has 0 aliphatic rings. The first kappa shape index (κ1) is 14.4. The van der Waals surface area contributed by atoms with Gasteiger partial charge in [-0.15, -0.1) is 6.58 Å². The van der Waals surface area contributed by atoms with Crippen molar-refractivity contribution in [3.63, 3.8) is 0 Å². The van der Waals surface area contributed by atoms with Crippen LogP contribution in [-0.2, 0) is 4.79 Å². The van der Waals surface area contributed by atoms with Crippen LogP contribution in [0.3, 0.4) is 0 Å². The van der Waals surface area contributed by atoms with Gasteiger partial charge in [-0.2, -0.15) is 0 Å². The van der Waals surface area contributed by atoms with Crippen molar-refractivity contribution in [1.29, 1.82) is 0 Å². The van der Waals surface area contributed by atoms with E-state index in [9.17, 15) is 9.59 Å². The lowest BCUT2D eigenvalue weighted by Crippen LogP contribution is -2.47. The Hall–Kier alpha value is -1.56. The van der Waals surface area contributed by atoms with Gasteiger partial charge in [0.2, 0.25) is 0 Å². The van der Waals surface area contributed by atoms with E-state index in [1.807, 2.05) is 19.0 Å². The van der Waals surface area contributed by atoms with Crippen molar-refractivity contribution in [2.45, 2.75) is 12.5 Å². The minimum absolute atomic E-state index is 0.205. The number of hydrogen-bond acceptors (Lipinski definition) is 3. The molecule has 0 saturated carbocycles. The number of amides is 2. The number of nitrogens with zero attached hydrogens (tertiary/aromatic N) is 1. The molecule has 92 valence electrons. The van der Waals surface area contributed by atoms with Gasteiger partial charge in [-0.1, -0.05) is 6.08 Å². The Morgan fingerprint density at radius 1 is 1.50 bits per heavy atom. The molecule has 0 bridgehead atoms. The number of hydrogen-bond donors (Lipinski definition) is 3. The molecule has 0 spiro atoms. The smallest absolute Gasteiger partial charge is 0.326 e. The predicted molar refractivity (Wildman–Crippen MR) is 61.3 cm³/mol. The van der Waals surface area contributed by atoms with Crippen molar-refractivity contribution in [3.8, 4) is 0 Å². The number of carboxylic acids is 1. The van der Waals surface area contributed by atoms with Crippen molar-refractivity contribution in [2.24, 2.45) is 0 Å². The Kier molecular flexibility index (Phi) is 6.95. The molecule has 0 fully saturated rings. The topological polar surface area (TPSA) is 81.7 Å². The van der Waals surface area contributed by atoms with E-state index in [1.54, 1.807) is 0 Å². The molecule has 0 heterocycles. The fraction of sp³-hybridized carbons (Fsp3) is 0.600. The molecule has 0 aliphatic heterocycles. The van der Waals surface area contributed by atoms with Gasteiger partial charge in [0.05, 0.1) is 0 Å². The minimum Gasteiger partial charge on any atom is -0.480 e. The summed E-state index contributed by atoms with van der Waals surface area (Å²) >= 11 is 0. The average Bonchev–Trinajstić information content (AvgIpc) is 2.16. The monoisotopic (exact) mass is 229 g/mol. The molecule has 0 saturated heterocycles. The summed E-state index contributed by atoms with van der Waals surface area (Å²) in [6.07, 6.45) is 1.66. The highest BCUT2D eigenvalue weighted by Crippen LogP contribution is 1.92. The maximum Gasteiger partial charge on any atom is 0.326 e. The molecular formula is C10H19N3O3. The van der Waals surface area contributed by atoms with Gasteiger partial charge < -0.3 is 20.6 Å². The number of urea groups is 1. The fourth-order valence-electron chi connectivity index (χ4n) is 0.990. The van der Waals surface area contributed by atoms with E-state index in [2.05, 4.69) is 17.2 Å². The van der Waals surface area contributed by atoms with Crippen LogP contribution in [0.15, 0.2) is 12.7 Å². The summed E-state index contributed by atoms with van der Waals surface area (Å²) in [6.45, 7) is 4.61. The lowest BCUT2D eigenvalue weighted by Gasteiger charge is -2.14. The third-order valence-electron chi connectivity index (χ3n) is 1.85. The van der Waals surface area contributed by atoms with Crippen LogP contribution in [0.1, 0.15) is 6.42 Å². The molecule has 0 aromatic carbocycles. The van der Waals surface area contributed by atoms with E-state index < -0.39 is 18.0 Å². The van der Waals surface area contributed by atoms with Crippen LogP contribution in [0, 0.1) is 0 Å². The van der Waals surface area contributed by atoms with E-state index in [1.165, 1.54) is 6.08 Å². The van der Waals surface area contributed by atoms with Crippen LogP contribution in [-0.4, -0.2) is 55.2 Å². The van der Waals surface area contributed by atoms with Gasteiger partial charge in [0.1, 0.15) is 6.04 Å². The zero-order chi connectivity index (χ0) is 12.6. The van der Waals surface area contributed by atoms with Crippen molar-refractivity contribution < 1.29 is 14.7 Å². The number of rotatable bonds is 7. The molecule has 0 radical (unpaired) electrons. The quantitative estimate of drug-likeness (QED) is 0.531. The molecule has 6 heteroatoms. The normalized spacial score (nSPS) is 11.9. The Morgan fingerprint density at radius 3 is 2.56 bits per heavy atom. The van der Waals surface area contributed by atoms with Gasteiger partial charge in [-0.3, -0.25) is 0 Å². The Bertz CT molecular complexity index is 254. The van der Waals surface area contributed by atoms with E-state index in [0.29, 0.717) is 13.1 Å². The number of nitrogens with one attached hydrogen (secondary N) is 2. The summed E-state index contributed by atoms with van der Waals surface area (Å²) < 4.78 is 0. The summed E-state index contributed by atoms with van der Waals surface area (Å²) in [6, 6.07) is -1.40. The summed E-state index contributed by atoms with van der Waals surface area (Å²) in [7, 11) is 3.77. The molecule has 0 aromatic rings. The SMILES string of the molecule is C=CCC(NC(=O)NCCN(C)C)C(=O)O. The van der Waals surface area contributed by atoms with Gasteiger partial charge in [0, 0.05) is 13.1 Å². The number of carbonyl (C=O) groups is 2. The molecule has 2 amide bonds. The van der Waals surface area contributed by atoms with Crippen LogP contribution in [0.5, 0.6) is 0 Å². The largest absolute Gasteiger partial charge is 0.480 e. The predicted octanol–water partition coefficient (Wildman–Crippen LogP) is -0.123. The maximum atomic E-state index is 11.3. The summed E-state index contributed by atoms with van der Waals surface area (Å²) in [5.74, 6) is -1.07. The summed E-state index contributed by atoms with van der Waals surface area (Å²) in [4.78, 5) is 23.9. The van der Waals surface area contributed by atoms with Crippen LogP contribution in [0.4, 0.5) is 4.79 Å². The van der Waals surface area contributed by atoms with Crippen molar-refractivity contribution >= 4 is 12.0 Å². The molecule has 0 aliphatic carbocycles. The van der Waals surface area contributed by atoms with E-state index in [-0.39, 0.29) is 6.42 Å². The zero-order valence-electron chi connectivity index (χ0n) is 9.69. The second-order valence-electron chi connectivity index (χ2n) is 3.62. The van der Waals surface area contributed by atoms with Crippen LogP contribution in [0.25, 0.3) is 0 Å². The van der Waals surface area contributed by atoms with Gasteiger partial charge in [0.15, 0.2) is 0 Å². The van der Waals surface area contributed by atoms with Crippen LogP contribution >= 0.6 is 0 Å². The average molecular weight is 229 g/mol. The van der Waals surface area contributed by atoms with E-state index >= 15 is 0 Å². The fourth-order valence-corrected chi connectivity index (χ4v) is 0.990. The summed E-state index contributed by atoms with van der Waals surface area (Å²) in [5.41, 5.74) is 0. The van der Waals surface area contributed by atoms with Crippen molar-refractivity contribution in [3.05, 3.63) is 12.7 Å². The maximum absolute atomic E-state index is 11.3. The van der Waals surface area contributed by atoms with Gasteiger partial charge in [-0.05, 0) is 20.5 Å². The first-order valence-electron chi connectivity index (χ1n) is 5.00. The lowest BCUT2D eigenvalue weighted by atomic mass is 10.2. The molecular weight excluding hydrogens is 210 g/mol. The third-order valence-corrected chi connectivity index (χ3v) is 1.85.